The first-order valence-corrected chi connectivity index (χ1v) is 5.15. The second-order valence-electron chi connectivity index (χ2n) is 4.05. The third-order valence-electron chi connectivity index (χ3n) is 3.04. The summed E-state index contributed by atoms with van der Waals surface area (Å²) in [6.45, 7) is 0.578. The highest BCUT2D eigenvalue weighted by Crippen LogP contribution is 2.30. The summed E-state index contributed by atoms with van der Waals surface area (Å²) in [6, 6.07) is 0. The molecule has 2 unspecified atom stereocenters. The monoisotopic (exact) mass is 187 g/mol. The van der Waals surface area contributed by atoms with E-state index in [-0.39, 0.29) is 0 Å². The predicted molar refractivity (Wildman–Crippen MR) is 52.5 cm³/mol. The van der Waals surface area contributed by atoms with Crippen LogP contribution in [0.4, 0.5) is 0 Å². The van der Waals surface area contributed by atoms with E-state index in [1.165, 1.54) is 0 Å². The van der Waals surface area contributed by atoms with Crippen LogP contribution >= 0.6 is 0 Å². The molecule has 13 heavy (non-hydrogen) atoms. The van der Waals surface area contributed by atoms with Crippen LogP contribution in [0.1, 0.15) is 38.5 Å². The highest BCUT2D eigenvalue weighted by atomic mass is 16.5. The zero-order valence-corrected chi connectivity index (χ0v) is 8.46. The van der Waals surface area contributed by atoms with E-state index < -0.39 is 5.60 Å². The summed E-state index contributed by atoms with van der Waals surface area (Å²) in [6.07, 6.45) is 5.87. The summed E-state index contributed by atoms with van der Waals surface area (Å²) in [5.41, 5.74) is 4.96. The average molecular weight is 187 g/mol. The molecule has 0 saturated heterocycles. The van der Waals surface area contributed by atoms with Gasteiger partial charge in [0.15, 0.2) is 0 Å². The Morgan fingerprint density at radius 3 is 2.85 bits per heavy atom. The molecule has 3 N–H and O–H groups in total. The molecular weight excluding hydrogens is 166 g/mol. The lowest BCUT2D eigenvalue weighted by atomic mass is 9.91. The molecule has 0 radical (unpaired) electrons. The minimum Gasteiger partial charge on any atom is -0.390 e. The van der Waals surface area contributed by atoms with Gasteiger partial charge < -0.3 is 15.6 Å². The molecule has 1 aliphatic carbocycles. The van der Waals surface area contributed by atoms with Gasteiger partial charge in [0.25, 0.3) is 0 Å². The minimum absolute atomic E-state index is 0.340. The quantitative estimate of drug-likeness (QED) is 0.649. The van der Waals surface area contributed by atoms with Crippen molar-refractivity contribution >= 4 is 0 Å². The summed E-state index contributed by atoms with van der Waals surface area (Å²) in [4.78, 5) is 0. The maximum atomic E-state index is 10.1. The Hall–Kier alpha value is -0.120. The molecule has 78 valence electrons. The summed E-state index contributed by atoms with van der Waals surface area (Å²) in [7, 11) is 1.75. The first-order chi connectivity index (χ1) is 6.20. The number of rotatable bonds is 3. The first kappa shape index (κ1) is 11.0. The molecule has 1 saturated carbocycles. The predicted octanol–water partition coefficient (Wildman–Crippen LogP) is 1.05. The van der Waals surface area contributed by atoms with Crippen LogP contribution in [0.2, 0.25) is 0 Å². The standard InChI is InChI=1S/C10H21NO2/c1-13-9-3-2-5-10(12,6-4-9)7-8-11/h9,12H,2-8,11H2,1H3. The van der Waals surface area contributed by atoms with Gasteiger partial charge in [0.2, 0.25) is 0 Å². The van der Waals surface area contributed by atoms with Gasteiger partial charge in [-0.3, -0.25) is 0 Å². The zero-order chi connectivity index (χ0) is 9.73. The molecule has 0 aromatic rings. The Bertz CT molecular complexity index is 152. The van der Waals surface area contributed by atoms with Gasteiger partial charge in [0, 0.05) is 7.11 Å². The highest BCUT2D eigenvalue weighted by Gasteiger charge is 2.29. The van der Waals surface area contributed by atoms with Crippen molar-refractivity contribution in [2.75, 3.05) is 13.7 Å². The smallest absolute Gasteiger partial charge is 0.0660 e. The molecule has 1 rings (SSSR count). The number of hydrogen-bond donors (Lipinski definition) is 2. The molecule has 0 bridgehead atoms. The van der Waals surface area contributed by atoms with Crippen molar-refractivity contribution in [3.63, 3.8) is 0 Å². The van der Waals surface area contributed by atoms with E-state index in [2.05, 4.69) is 0 Å². The lowest BCUT2D eigenvalue weighted by molar-refractivity contribution is 0.0123. The largest absolute Gasteiger partial charge is 0.390 e. The van der Waals surface area contributed by atoms with Crippen LogP contribution in [0.25, 0.3) is 0 Å². The number of hydrogen-bond acceptors (Lipinski definition) is 3. The number of aliphatic hydroxyl groups is 1. The van der Waals surface area contributed by atoms with Crippen molar-refractivity contribution < 1.29 is 9.84 Å². The van der Waals surface area contributed by atoms with Gasteiger partial charge in [-0.2, -0.15) is 0 Å². The van der Waals surface area contributed by atoms with Crippen LogP contribution < -0.4 is 5.73 Å². The van der Waals surface area contributed by atoms with Crippen LogP contribution in [-0.2, 0) is 4.74 Å². The normalized spacial score (nSPS) is 35.8. The Morgan fingerprint density at radius 2 is 2.23 bits per heavy atom. The summed E-state index contributed by atoms with van der Waals surface area (Å²) in [5.74, 6) is 0. The van der Waals surface area contributed by atoms with E-state index in [9.17, 15) is 5.11 Å². The number of methoxy groups -OCH3 is 1. The SMILES string of the molecule is COC1CCCC(O)(CCN)CC1. The van der Waals surface area contributed by atoms with E-state index in [4.69, 9.17) is 10.5 Å². The molecule has 0 amide bonds. The Morgan fingerprint density at radius 1 is 1.46 bits per heavy atom. The summed E-state index contributed by atoms with van der Waals surface area (Å²) < 4.78 is 5.30. The maximum Gasteiger partial charge on any atom is 0.0660 e. The molecule has 0 aliphatic heterocycles. The van der Waals surface area contributed by atoms with Gasteiger partial charge in [0.05, 0.1) is 11.7 Å². The Kier molecular flexibility index (Phi) is 4.16. The third kappa shape index (κ3) is 3.25. The average Bonchev–Trinajstić information content (AvgIpc) is 2.28. The van der Waals surface area contributed by atoms with Crippen molar-refractivity contribution in [2.45, 2.75) is 50.2 Å². The van der Waals surface area contributed by atoms with Crippen molar-refractivity contribution in [2.24, 2.45) is 5.73 Å². The number of nitrogens with two attached hydrogens (primary N) is 1. The first-order valence-electron chi connectivity index (χ1n) is 5.15. The molecule has 3 nitrogen and oxygen atoms in total. The van der Waals surface area contributed by atoms with Gasteiger partial charge >= 0.3 is 0 Å². The maximum absolute atomic E-state index is 10.1. The van der Waals surface area contributed by atoms with Crippen molar-refractivity contribution in [3.05, 3.63) is 0 Å². The van der Waals surface area contributed by atoms with E-state index in [0.717, 1.165) is 38.5 Å². The Labute approximate surface area is 80.3 Å². The van der Waals surface area contributed by atoms with E-state index in [0.29, 0.717) is 12.6 Å². The molecule has 0 aromatic carbocycles. The van der Waals surface area contributed by atoms with Crippen LogP contribution in [0.3, 0.4) is 0 Å². The lowest BCUT2D eigenvalue weighted by Gasteiger charge is -2.25. The lowest BCUT2D eigenvalue weighted by Crippen LogP contribution is -2.31. The molecule has 1 aliphatic rings. The van der Waals surface area contributed by atoms with E-state index in [1.807, 2.05) is 0 Å². The fourth-order valence-corrected chi connectivity index (χ4v) is 2.11. The van der Waals surface area contributed by atoms with Gasteiger partial charge in [-0.15, -0.1) is 0 Å². The second kappa shape index (κ2) is 4.94. The molecular formula is C10H21NO2. The topological polar surface area (TPSA) is 55.5 Å². The molecule has 0 aromatic heterocycles. The summed E-state index contributed by atoms with van der Waals surface area (Å²) in [5, 5.41) is 10.1. The molecule has 0 spiro atoms. The van der Waals surface area contributed by atoms with Gasteiger partial charge in [-0.05, 0) is 45.1 Å². The Balaban J connectivity index is 2.42. The highest BCUT2D eigenvalue weighted by molar-refractivity contribution is 4.83. The third-order valence-corrected chi connectivity index (χ3v) is 3.04. The zero-order valence-electron chi connectivity index (χ0n) is 8.46. The van der Waals surface area contributed by atoms with Crippen LogP contribution in [0, 0.1) is 0 Å². The fourth-order valence-electron chi connectivity index (χ4n) is 2.11. The van der Waals surface area contributed by atoms with Gasteiger partial charge in [0.1, 0.15) is 0 Å². The van der Waals surface area contributed by atoms with Crippen molar-refractivity contribution in [3.8, 4) is 0 Å². The number of ether oxygens (including phenoxy) is 1. The molecule has 0 heterocycles. The second-order valence-corrected chi connectivity index (χ2v) is 4.05. The fraction of sp³-hybridized carbons (Fsp3) is 1.00. The minimum atomic E-state index is -0.512. The molecule has 2 atom stereocenters. The molecule has 1 fully saturated rings. The van der Waals surface area contributed by atoms with Gasteiger partial charge in [-0.25, -0.2) is 0 Å². The van der Waals surface area contributed by atoms with Crippen LogP contribution in [0.5, 0.6) is 0 Å². The van der Waals surface area contributed by atoms with Crippen molar-refractivity contribution in [1.29, 1.82) is 0 Å². The van der Waals surface area contributed by atoms with Crippen LogP contribution in [-0.4, -0.2) is 30.5 Å². The van der Waals surface area contributed by atoms with Crippen LogP contribution in [0.15, 0.2) is 0 Å². The van der Waals surface area contributed by atoms with Gasteiger partial charge in [-0.1, -0.05) is 0 Å². The summed E-state index contributed by atoms with van der Waals surface area (Å²) >= 11 is 0. The van der Waals surface area contributed by atoms with E-state index >= 15 is 0 Å². The van der Waals surface area contributed by atoms with E-state index in [1.54, 1.807) is 7.11 Å². The van der Waals surface area contributed by atoms with Crippen molar-refractivity contribution in [1.82, 2.24) is 0 Å². The molecule has 3 heteroatoms.